The first-order valence-corrected chi connectivity index (χ1v) is 9.75. The number of rotatable bonds is 13. The lowest BCUT2D eigenvalue weighted by Crippen LogP contribution is -2.03. The second-order valence-electron chi connectivity index (χ2n) is 5.11. The Bertz CT molecular complexity index is 166. The standard InChI is InChI=1S/C16H32Si/c1-4-7-8-9-10-11-12-13-14-15-16-17(5-2)6-3/h5-6,17H,2-4,7-16H2,1H3. The van der Waals surface area contributed by atoms with Crippen LogP contribution in [0.2, 0.25) is 6.04 Å². The van der Waals surface area contributed by atoms with Gasteiger partial charge in [0.2, 0.25) is 0 Å². The highest BCUT2D eigenvalue weighted by atomic mass is 28.3. The molecule has 100 valence electrons. The van der Waals surface area contributed by atoms with Gasteiger partial charge in [-0.2, -0.15) is 0 Å². The lowest BCUT2D eigenvalue weighted by Gasteiger charge is -2.05. The molecule has 0 aromatic carbocycles. The minimum atomic E-state index is -0.742. The van der Waals surface area contributed by atoms with Crippen molar-refractivity contribution in [3.05, 3.63) is 24.6 Å². The average Bonchev–Trinajstić information content (AvgIpc) is 2.36. The van der Waals surface area contributed by atoms with E-state index in [1.54, 1.807) is 0 Å². The SMILES string of the molecule is C=C[SiH](C=C)CCCCCCCCCCCC. The van der Waals surface area contributed by atoms with Crippen LogP contribution in [0.5, 0.6) is 0 Å². The molecule has 0 atom stereocenters. The Hall–Kier alpha value is -0.303. The van der Waals surface area contributed by atoms with E-state index in [0.29, 0.717) is 0 Å². The van der Waals surface area contributed by atoms with Crippen molar-refractivity contribution in [2.24, 2.45) is 0 Å². The fourth-order valence-corrected chi connectivity index (χ4v) is 3.62. The Morgan fingerprint density at radius 2 is 1.12 bits per heavy atom. The normalized spacial score (nSPS) is 10.7. The van der Waals surface area contributed by atoms with Crippen molar-refractivity contribution in [1.29, 1.82) is 0 Å². The summed E-state index contributed by atoms with van der Waals surface area (Å²) < 4.78 is 0. The van der Waals surface area contributed by atoms with Crippen LogP contribution in [0.1, 0.15) is 71.1 Å². The van der Waals surface area contributed by atoms with Crippen LogP contribution in [-0.2, 0) is 0 Å². The predicted octanol–water partition coefficient (Wildman–Crippen LogP) is 5.58. The van der Waals surface area contributed by atoms with Gasteiger partial charge in [-0.25, -0.2) is 0 Å². The molecule has 0 fully saturated rings. The van der Waals surface area contributed by atoms with E-state index in [1.807, 2.05) is 0 Å². The first kappa shape index (κ1) is 16.7. The van der Waals surface area contributed by atoms with Crippen LogP contribution in [0.3, 0.4) is 0 Å². The average molecular weight is 253 g/mol. The Morgan fingerprint density at radius 3 is 1.53 bits per heavy atom. The monoisotopic (exact) mass is 252 g/mol. The van der Waals surface area contributed by atoms with E-state index in [9.17, 15) is 0 Å². The molecule has 0 unspecified atom stereocenters. The van der Waals surface area contributed by atoms with Crippen LogP contribution in [0, 0.1) is 0 Å². The summed E-state index contributed by atoms with van der Waals surface area (Å²) in [6.07, 6.45) is 14.3. The molecule has 1 heteroatoms. The molecule has 0 amide bonds. The molecule has 0 aliphatic carbocycles. The molecule has 0 aromatic rings. The Balaban J connectivity index is 3.08. The van der Waals surface area contributed by atoms with Gasteiger partial charge in [0.25, 0.3) is 0 Å². The van der Waals surface area contributed by atoms with Gasteiger partial charge in [0, 0.05) is 0 Å². The van der Waals surface area contributed by atoms with Crippen LogP contribution in [0.4, 0.5) is 0 Å². The van der Waals surface area contributed by atoms with Crippen molar-refractivity contribution >= 4 is 8.80 Å². The lowest BCUT2D eigenvalue weighted by atomic mass is 10.1. The molecular weight excluding hydrogens is 220 g/mol. The molecule has 0 heterocycles. The summed E-state index contributed by atoms with van der Waals surface area (Å²) in [4.78, 5) is 0. The maximum absolute atomic E-state index is 3.89. The molecular formula is C16H32Si. The smallest absolute Gasteiger partial charge is 0.0838 e. The van der Waals surface area contributed by atoms with Crippen molar-refractivity contribution in [1.82, 2.24) is 0 Å². The summed E-state index contributed by atoms with van der Waals surface area (Å²) >= 11 is 0. The third-order valence-corrected chi connectivity index (χ3v) is 5.78. The van der Waals surface area contributed by atoms with Gasteiger partial charge in [-0.3, -0.25) is 0 Å². The fourth-order valence-electron chi connectivity index (χ4n) is 2.20. The quantitative estimate of drug-likeness (QED) is 0.296. The van der Waals surface area contributed by atoms with Gasteiger partial charge in [-0.05, 0) is 0 Å². The molecule has 0 aromatic heterocycles. The zero-order valence-electron chi connectivity index (χ0n) is 11.9. The maximum Gasteiger partial charge on any atom is 0.0838 e. The van der Waals surface area contributed by atoms with E-state index >= 15 is 0 Å². The predicted molar refractivity (Wildman–Crippen MR) is 84.2 cm³/mol. The van der Waals surface area contributed by atoms with E-state index in [-0.39, 0.29) is 0 Å². The van der Waals surface area contributed by atoms with Gasteiger partial charge in [-0.15, -0.1) is 24.6 Å². The summed E-state index contributed by atoms with van der Waals surface area (Å²) in [5, 5.41) is 0. The molecule has 0 saturated carbocycles. The van der Waals surface area contributed by atoms with E-state index < -0.39 is 8.80 Å². The van der Waals surface area contributed by atoms with Gasteiger partial charge >= 0.3 is 0 Å². The molecule has 0 nitrogen and oxygen atoms in total. The van der Waals surface area contributed by atoms with Crippen LogP contribution >= 0.6 is 0 Å². The second-order valence-corrected chi connectivity index (χ2v) is 7.95. The summed E-state index contributed by atoms with van der Waals surface area (Å²) in [7, 11) is -0.742. The maximum atomic E-state index is 3.89. The zero-order chi connectivity index (χ0) is 12.8. The van der Waals surface area contributed by atoms with Crippen LogP contribution in [0.15, 0.2) is 24.6 Å². The highest BCUT2D eigenvalue weighted by Gasteiger charge is 1.99. The van der Waals surface area contributed by atoms with Crippen LogP contribution in [-0.4, -0.2) is 8.80 Å². The highest BCUT2D eigenvalue weighted by molar-refractivity contribution is 6.69. The minimum absolute atomic E-state index is 0.742. The number of hydrogen-bond acceptors (Lipinski definition) is 0. The van der Waals surface area contributed by atoms with E-state index in [0.717, 1.165) is 0 Å². The summed E-state index contributed by atoms with van der Waals surface area (Å²) in [5.74, 6) is 0. The van der Waals surface area contributed by atoms with Crippen molar-refractivity contribution in [2.45, 2.75) is 77.2 Å². The van der Waals surface area contributed by atoms with Crippen molar-refractivity contribution < 1.29 is 0 Å². The molecule has 0 rings (SSSR count). The van der Waals surface area contributed by atoms with Gasteiger partial charge in [0.05, 0.1) is 8.80 Å². The van der Waals surface area contributed by atoms with E-state index in [2.05, 4.69) is 31.5 Å². The largest absolute Gasteiger partial charge is 0.107 e. The number of hydrogen-bond donors (Lipinski definition) is 0. The summed E-state index contributed by atoms with van der Waals surface area (Å²) in [6, 6.07) is 1.38. The highest BCUT2D eigenvalue weighted by Crippen LogP contribution is 2.12. The molecule has 0 N–H and O–H groups in total. The number of unbranched alkanes of at least 4 members (excludes halogenated alkanes) is 9. The molecule has 0 saturated heterocycles. The van der Waals surface area contributed by atoms with E-state index in [4.69, 9.17) is 0 Å². The Morgan fingerprint density at radius 1 is 0.706 bits per heavy atom. The molecule has 17 heavy (non-hydrogen) atoms. The van der Waals surface area contributed by atoms with Gasteiger partial charge in [-0.1, -0.05) is 77.2 Å². The van der Waals surface area contributed by atoms with Gasteiger partial charge in [0.15, 0.2) is 0 Å². The van der Waals surface area contributed by atoms with Crippen molar-refractivity contribution in [3.63, 3.8) is 0 Å². The van der Waals surface area contributed by atoms with Crippen LogP contribution < -0.4 is 0 Å². The lowest BCUT2D eigenvalue weighted by molar-refractivity contribution is 0.562. The topological polar surface area (TPSA) is 0 Å². The minimum Gasteiger partial charge on any atom is -0.107 e. The molecule has 0 aliphatic rings. The van der Waals surface area contributed by atoms with Crippen molar-refractivity contribution in [2.75, 3.05) is 0 Å². The third-order valence-electron chi connectivity index (χ3n) is 3.50. The zero-order valence-corrected chi connectivity index (χ0v) is 13.1. The molecule has 0 radical (unpaired) electrons. The van der Waals surface area contributed by atoms with Crippen molar-refractivity contribution in [3.8, 4) is 0 Å². The Labute approximate surface area is 111 Å². The van der Waals surface area contributed by atoms with Gasteiger partial charge in [0.1, 0.15) is 0 Å². The molecule has 0 spiro atoms. The summed E-state index contributed by atoms with van der Waals surface area (Å²) in [5.41, 5.74) is 4.31. The molecule has 0 bridgehead atoms. The fraction of sp³-hybridized carbons (Fsp3) is 0.750. The first-order chi connectivity index (χ1) is 8.35. The summed E-state index contributed by atoms with van der Waals surface area (Å²) in [6.45, 7) is 10.1. The molecule has 0 aliphatic heterocycles. The van der Waals surface area contributed by atoms with Gasteiger partial charge < -0.3 is 0 Å². The Kier molecular flexibility index (Phi) is 13.5. The van der Waals surface area contributed by atoms with Crippen LogP contribution in [0.25, 0.3) is 0 Å². The first-order valence-electron chi connectivity index (χ1n) is 7.60. The van der Waals surface area contributed by atoms with E-state index in [1.165, 1.54) is 70.3 Å². The third kappa shape index (κ3) is 12.0. The second kappa shape index (κ2) is 13.8.